The molecule has 1 atom stereocenters. The van der Waals surface area contributed by atoms with Crippen molar-refractivity contribution in [1.29, 1.82) is 0 Å². The van der Waals surface area contributed by atoms with E-state index in [0.717, 1.165) is 25.9 Å². The predicted molar refractivity (Wildman–Crippen MR) is 88.0 cm³/mol. The lowest BCUT2D eigenvalue weighted by Gasteiger charge is -2.36. The molecule has 23 heavy (non-hydrogen) atoms. The van der Waals surface area contributed by atoms with Crippen molar-refractivity contribution in [3.63, 3.8) is 0 Å². The first-order valence-electron chi connectivity index (χ1n) is 8.70. The fourth-order valence-electron chi connectivity index (χ4n) is 3.88. The number of hydrogen-bond acceptors (Lipinski definition) is 4. The number of rotatable bonds is 4. The minimum Gasteiger partial charge on any atom is -0.350 e. The molecule has 1 aromatic rings. The van der Waals surface area contributed by atoms with Gasteiger partial charge in [0.05, 0.1) is 18.2 Å². The Morgan fingerprint density at radius 1 is 1.35 bits per heavy atom. The van der Waals surface area contributed by atoms with Crippen molar-refractivity contribution >= 4 is 5.91 Å². The van der Waals surface area contributed by atoms with Crippen molar-refractivity contribution in [3.8, 4) is 0 Å². The second kappa shape index (κ2) is 7.25. The first kappa shape index (κ1) is 16.2. The summed E-state index contributed by atoms with van der Waals surface area (Å²) in [6.07, 6.45) is 7.26. The van der Waals surface area contributed by atoms with Gasteiger partial charge >= 0.3 is 0 Å². The molecule has 2 fully saturated rings. The number of hydrogen-bond donors (Lipinski definition) is 2. The van der Waals surface area contributed by atoms with Crippen LogP contribution >= 0.6 is 0 Å². The summed E-state index contributed by atoms with van der Waals surface area (Å²) in [4.78, 5) is 33.3. The summed E-state index contributed by atoms with van der Waals surface area (Å²) in [5, 5.41) is 2.95. The van der Waals surface area contributed by atoms with Gasteiger partial charge in [-0.3, -0.25) is 14.5 Å². The van der Waals surface area contributed by atoms with E-state index in [4.69, 9.17) is 0 Å². The molecule has 2 heterocycles. The Balaban J connectivity index is 1.54. The Bertz CT molecular complexity index is 607. The summed E-state index contributed by atoms with van der Waals surface area (Å²) in [7, 11) is 0. The normalized spacial score (nSPS) is 23.1. The van der Waals surface area contributed by atoms with Crippen LogP contribution in [0.3, 0.4) is 0 Å². The number of carbonyl (C=O) groups excluding carboxylic acids is 1. The van der Waals surface area contributed by atoms with Gasteiger partial charge in [0.25, 0.3) is 5.56 Å². The third kappa shape index (κ3) is 4.19. The standard InChI is InChI=1S/C17H26N4O2/c1-12-19-14(9-16(22)20-12)10-18-17(23)13-5-4-8-21(11-13)15-6-2-3-7-15/h9,13,15H,2-8,10-11H2,1H3,(H,18,23)(H,19,20,22). The van der Waals surface area contributed by atoms with Crippen LogP contribution in [0.2, 0.25) is 0 Å². The average Bonchev–Trinajstić information content (AvgIpc) is 3.06. The van der Waals surface area contributed by atoms with Gasteiger partial charge in [-0.1, -0.05) is 12.8 Å². The number of likely N-dealkylation sites (tertiary alicyclic amines) is 1. The highest BCUT2D eigenvalue weighted by atomic mass is 16.2. The highest BCUT2D eigenvalue weighted by molar-refractivity contribution is 5.78. The molecule has 1 amide bonds. The molecule has 2 aliphatic rings. The molecule has 1 aromatic heterocycles. The Morgan fingerprint density at radius 2 is 2.13 bits per heavy atom. The maximum Gasteiger partial charge on any atom is 0.251 e. The Hall–Kier alpha value is -1.69. The Labute approximate surface area is 136 Å². The van der Waals surface area contributed by atoms with Gasteiger partial charge in [-0.2, -0.15) is 0 Å². The topological polar surface area (TPSA) is 78.1 Å². The molecule has 0 aromatic carbocycles. The maximum absolute atomic E-state index is 12.5. The molecule has 0 bridgehead atoms. The van der Waals surface area contributed by atoms with Gasteiger partial charge in [0.15, 0.2) is 0 Å². The quantitative estimate of drug-likeness (QED) is 0.878. The molecule has 6 nitrogen and oxygen atoms in total. The average molecular weight is 318 g/mol. The molecule has 1 saturated carbocycles. The number of piperidine rings is 1. The van der Waals surface area contributed by atoms with Crippen molar-refractivity contribution in [2.45, 2.75) is 58.0 Å². The highest BCUT2D eigenvalue weighted by Gasteiger charge is 2.30. The summed E-state index contributed by atoms with van der Waals surface area (Å²) in [5.41, 5.74) is 0.440. The van der Waals surface area contributed by atoms with E-state index < -0.39 is 0 Å². The van der Waals surface area contributed by atoms with Gasteiger partial charge < -0.3 is 10.3 Å². The second-order valence-electron chi connectivity index (χ2n) is 6.81. The number of aromatic amines is 1. The number of aromatic nitrogens is 2. The van der Waals surface area contributed by atoms with Crippen LogP contribution in [-0.4, -0.2) is 39.9 Å². The van der Waals surface area contributed by atoms with E-state index in [1.807, 2.05) is 0 Å². The number of amides is 1. The van der Waals surface area contributed by atoms with Crippen LogP contribution in [0.25, 0.3) is 0 Å². The molecule has 1 saturated heterocycles. The SMILES string of the molecule is Cc1nc(CNC(=O)C2CCCN(C3CCCC3)C2)cc(=O)[nH]1. The van der Waals surface area contributed by atoms with Gasteiger partial charge in [0.2, 0.25) is 5.91 Å². The van der Waals surface area contributed by atoms with Gasteiger partial charge in [-0.15, -0.1) is 0 Å². The molecule has 0 spiro atoms. The highest BCUT2D eigenvalue weighted by Crippen LogP contribution is 2.27. The first-order valence-corrected chi connectivity index (χ1v) is 8.70. The number of aryl methyl sites for hydroxylation is 1. The van der Waals surface area contributed by atoms with Gasteiger partial charge in [0, 0.05) is 18.7 Å². The van der Waals surface area contributed by atoms with Gasteiger partial charge in [0.1, 0.15) is 5.82 Å². The summed E-state index contributed by atoms with van der Waals surface area (Å²) < 4.78 is 0. The van der Waals surface area contributed by atoms with E-state index in [2.05, 4.69) is 20.2 Å². The van der Waals surface area contributed by atoms with Gasteiger partial charge in [-0.25, -0.2) is 4.98 Å². The monoisotopic (exact) mass is 318 g/mol. The molecule has 0 radical (unpaired) electrons. The van der Waals surface area contributed by atoms with E-state index in [0.29, 0.717) is 24.1 Å². The fraction of sp³-hybridized carbons (Fsp3) is 0.706. The van der Waals surface area contributed by atoms with Crippen molar-refractivity contribution in [2.75, 3.05) is 13.1 Å². The summed E-state index contributed by atoms with van der Waals surface area (Å²) >= 11 is 0. The van der Waals surface area contributed by atoms with E-state index in [-0.39, 0.29) is 17.4 Å². The van der Waals surface area contributed by atoms with Crippen LogP contribution < -0.4 is 10.9 Å². The summed E-state index contributed by atoms with van der Waals surface area (Å²) in [6.45, 7) is 4.07. The van der Waals surface area contributed by atoms with Crippen LogP contribution in [0.1, 0.15) is 50.0 Å². The molecular formula is C17H26N4O2. The molecule has 6 heteroatoms. The molecule has 2 N–H and O–H groups in total. The largest absolute Gasteiger partial charge is 0.350 e. The first-order chi connectivity index (χ1) is 11.1. The zero-order valence-corrected chi connectivity index (χ0v) is 13.8. The summed E-state index contributed by atoms with van der Waals surface area (Å²) in [6, 6.07) is 2.13. The molecule has 126 valence electrons. The van der Waals surface area contributed by atoms with Crippen molar-refractivity contribution in [1.82, 2.24) is 20.2 Å². The number of nitrogens with one attached hydrogen (secondary N) is 2. The number of nitrogens with zero attached hydrogens (tertiary/aromatic N) is 2. The predicted octanol–water partition coefficient (Wildman–Crippen LogP) is 1.35. The van der Waals surface area contributed by atoms with Crippen LogP contribution in [-0.2, 0) is 11.3 Å². The van der Waals surface area contributed by atoms with Crippen molar-refractivity contribution in [2.24, 2.45) is 5.92 Å². The summed E-state index contributed by atoms with van der Waals surface area (Å²) in [5.74, 6) is 0.728. The molecule has 1 unspecified atom stereocenters. The van der Waals surface area contributed by atoms with E-state index in [1.54, 1.807) is 6.92 Å². The smallest absolute Gasteiger partial charge is 0.251 e. The van der Waals surface area contributed by atoms with E-state index >= 15 is 0 Å². The van der Waals surface area contributed by atoms with Crippen molar-refractivity contribution in [3.05, 3.63) is 27.9 Å². The van der Waals surface area contributed by atoms with Crippen molar-refractivity contribution < 1.29 is 4.79 Å². The number of carbonyl (C=O) groups is 1. The van der Waals surface area contributed by atoms with Crippen LogP contribution in [0.5, 0.6) is 0 Å². The van der Waals surface area contributed by atoms with Crippen LogP contribution in [0.15, 0.2) is 10.9 Å². The molecular weight excluding hydrogens is 292 g/mol. The molecule has 3 rings (SSSR count). The minimum absolute atomic E-state index is 0.0624. The molecule has 1 aliphatic heterocycles. The zero-order valence-electron chi connectivity index (χ0n) is 13.8. The van der Waals surface area contributed by atoms with E-state index in [1.165, 1.54) is 31.7 Å². The van der Waals surface area contributed by atoms with Gasteiger partial charge in [-0.05, 0) is 39.2 Å². The molecule has 1 aliphatic carbocycles. The second-order valence-corrected chi connectivity index (χ2v) is 6.81. The lowest BCUT2D eigenvalue weighted by Crippen LogP contribution is -2.46. The maximum atomic E-state index is 12.5. The third-order valence-electron chi connectivity index (χ3n) is 5.02. The van der Waals surface area contributed by atoms with E-state index in [9.17, 15) is 9.59 Å². The Morgan fingerprint density at radius 3 is 2.87 bits per heavy atom. The van der Waals surface area contributed by atoms with Crippen LogP contribution in [0, 0.1) is 12.8 Å². The zero-order chi connectivity index (χ0) is 16.2. The Kier molecular flexibility index (Phi) is 5.10. The third-order valence-corrected chi connectivity index (χ3v) is 5.02. The lowest BCUT2D eigenvalue weighted by molar-refractivity contribution is -0.127. The lowest BCUT2D eigenvalue weighted by atomic mass is 9.95. The van der Waals surface area contributed by atoms with Crippen LogP contribution in [0.4, 0.5) is 0 Å². The number of H-pyrrole nitrogens is 1. The minimum atomic E-state index is -0.174. The fourth-order valence-corrected chi connectivity index (χ4v) is 3.88.